The van der Waals surface area contributed by atoms with Gasteiger partial charge in [0.05, 0.1) is 24.2 Å². The third-order valence-electron chi connectivity index (χ3n) is 7.50. The van der Waals surface area contributed by atoms with Crippen molar-refractivity contribution in [1.82, 2.24) is 14.6 Å². The quantitative estimate of drug-likeness (QED) is 0.327. The lowest BCUT2D eigenvalue weighted by Crippen LogP contribution is -2.19. The minimum absolute atomic E-state index is 0.0577. The molecule has 0 aliphatic heterocycles. The summed E-state index contributed by atoms with van der Waals surface area (Å²) in [6.45, 7) is 6.68. The smallest absolute Gasteiger partial charge is 0.309 e. The highest BCUT2D eigenvalue weighted by molar-refractivity contribution is 5.82. The number of hydrogen-bond donors (Lipinski definition) is 1. The minimum Gasteiger partial charge on any atom is -0.466 e. The summed E-state index contributed by atoms with van der Waals surface area (Å²) in [6, 6.07) is 2.57. The molecule has 35 heavy (non-hydrogen) atoms. The molecule has 2 atom stereocenters. The first-order valence-corrected chi connectivity index (χ1v) is 13.5. The predicted octanol–water partition coefficient (Wildman–Crippen LogP) is 6.08. The van der Waals surface area contributed by atoms with E-state index in [-0.39, 0.29) is 11.9 Å². The molecule has 2 aromatic heterocycles. The van der Waals surface area contributed by atoms with Crippen LogP contribution in [0.4, 0.5) is 5.95 Å². The number of carbonyl (C=O) groups is 2. The van der Waals surface area contributed by atoms with Crippen LogP contribution in [-0.4, -0.2) is 39.0 Å². The van der Waals surface area contributed by atoms with Crippen molar-refractivity contribution in [3.63, 3.8) is 0 Å². The number of esters is 1. The number of Topliss-reactive ketones (excluding diaryl/α,β-unsaturated/α-hetero) is 1. The lowest BCUT2D eigenvalue weighted by Gasteiger charge is -2.21. The van der Waals surface area contributed by atoms with E-state index in [2.05, 4.69) is 40.8 Å². The first kappa shape index (κ1) is 25.4. The Bertz CT molecular complexity index is 1060. The molecule has 0 amide bonds. The number of fused-ring (bicyclic) bond motifs is 1. The first-order chi connectivity index (χ1) is 17.0. The molecule has 7 heteroatoms. The van der Waals surface area contributed by atoms with Crippen LogP contribution >= 0.6 is 0 Å². The Labute approximate surface area is 208 Å². The number of nitrogens with zero attached hydrogens (tertiary/aromatic N) is 3. The molecule has 2 unspecified atom stereocenters. The number of rotatable bonds is 10. The lowest BCUT2D eigenvalue weighted by atomic mass is 9.84. The predicted molar refractivity (Wildman–Crippen MR) is 138 cm³/mol. The second kappa shape index (κ2) is 11.8. The van der Waals surface area contributed by atoms with Crippen LogP contribution in [0.15, 0.2) is 18.3 Å². The summed E-state index contributed by atoms with van der Waals surface area (Å²) in [5.41, 5.74) is 4.57. The molecule has 2 aliphatic rings. The van der Waals surface area contributed by atoms with Gasteiger partial charge in [-0.2, -0.15) is 0 Å². The van der Waals surface area contributed by atoms with Crippen LogP contribution in [0.5, 0.6) is 0 Å². The summed E-state index contributed by atoms with van der Waals surface area (Å²) < 4.78 is 7.29. The van der Waals surface area contributed by atoms with Crippen LogP contribution in [0.3, 0.4) is 0 Å². The maximum absolute atomic E-state index is 12.2. The van der Waals surface area contributed by atoms with Gasteiger partial charge in [-0.15, -0.1) is 5.10 Å². The first-order valence-electron chi connectivity index (χ1n) is 13.5. The summed E-state index contributed by atoms with van der Waals surface area (Å²) in [5, 5.41) is 8.41. The number of ether oxygens (including phenoxy) is 1. The van der Waals surface area contributed by atoms with Gasteiger partial charge in [0, 0.05) is 36.1 Å². The molecule has 2 aliphatic carbocycles. The summed E-state index contributed by atoms with van der Waals surface area (Å²) in [6.07, 6.45) is 14.2. The number of nitrogens with one attached hydrogen (secondary N) is 1. The zero-order valence-electron chi connectivity index (χ0n) is 21.5. The maximum atomic E-state index is 12.2. The standard InChI is InChI=1S/C28H40N4O3/c1-4-6-7-8-19(3)30-28-29-18-26-24(20-9-11-22(12-10-20)27(34)35-5-2)17-25(32(26)31-28)21-13-15-23(33)16-14-21/h9,17-19,21-22H,4-8,10-16H2,1-3H3,(H,30,31). The number of carbonyl (C=O) groups excluding carboxylic acids is 2. The van der Waals surface area contributed by atoms with E-state index in [1.807, 2.05) is 13.1 Å². The van der Waals surface area contributed by atoms with Gasteiger partial charge in [-0.25, -0.2) is 9.50 Å². The largest absolute Gasteiger partial charge is 0.466 e. The van der Waals surface area contributed by atoms with Crippen molar-refractivity contribution in [2.24, 2.45) is 5.92 Å². The van der Waals surface area contributed by atoms with E-state index in [4.69, 9.17) is 9.84 Å². The van der Waals surface area contributed by atoms with Crippen LogP contribution in [-0.2, 0) is 14.3 Å². The third kappa shape index (κ3) is 6.11. The summed E-state index contributed by atoms with van der Waals surface area (Å²) in [5.74, 6) is 1.18. The highest BCUT2D eigenvalue weighted by Crippen LogP contribution is 2.38. The fourth-order valence-corrected chi connectivity index (χ4v) is 5.41. The molecule has 2 aromatic rings. The molecular weight excluding hydrogens is 440 g/mol. The van der Waals surface area contributed by atoms with E-state index in [1.54, 1.807) is 0 Å². The number of aromatic nitrogens is 3. The molecule has 0 radical (unpaired) electrons. The van der Waals surface area contributed by atoms with E-state index in [0.717, 1.165) is 43.2 Å². The van der Waals surface area contributed by atoms with Gasteiger partial charge < -0.3 is 10.1 Å². The molecule has 7 nitrogen and oxygen atoms in total. The van der Waals surface area contributed by atoms with Crippen LogP contribution in [0, 0.1) is 5.92 Å². The van der Waals surface area contributed by atoms with E-state index < -0.39 is 0 Å². The molecular formula is C28H40N4O3. The second-order valence-corrected chi connectivity index (χ2v) is 10.2. The van der Waals surface area contributed by atoms with Crippen molar-refractivity contribution >= 4 is 28.8 Å². The Balaban J connectivity index is 1.61. The topological polar surface area (TPSA) is 85.6 Å². The van der Waals surface area contributed by atoms with E-state index in [1.165, 1.54) is 30.5 Å². The second-order valence-electron chi connectivity index (χ2n) is 10.2. The van der Waals surface area contributed by atoms with Gasteiger partial charge in [0.2, 0.25) is 5.95 Å². The molecule has 1 saturated carbocycles. The van der Waals surface area contributed by atoms with Gasteiger partial charge in [-0.1, -0.05) is 32.3 Å². The van der Waals surface area contributed by atoms with Crippen molar-refractivity contribution < 1.29 is 14.3 Å². The molecule has 0 bridgehead atoms. The Morgan fingerprint density at radius 3 is 2.69 bits per heavy atom. The van der Waals surface area contributed by atoms with Crippen molar-refractivity contribution in [2.75, 3.05) is 11.9 Å². The van der Waals surface area contributed by atoms with Gasteiger partial charge in [-0.05, 0) is 64.0 Å². The van der Waals surface area contributed by atoms with E-state index in [0.29, 0.717) is 49.6 Å². The Morgan fingerprint density at radius 1 is 1.20 bits per heavy atom. The van der Waals surface area contributed by atoms with Crippen LogP contribution < -0.4 is 5.32 Å². The van der Waals surface area contributed by atoms with E-state index >= 15 is 0 Å². The lowest BCUT2D eigenvalue weighted by molar-refractivity contribution is -0.148. The van der Waals surface area contributed by atoms with Crippen molar-refractivity contribution in [1.29, 1.82) is 0 Å². The molecule has 190 valence electrons. The molecule has 4 rings (SSSR count). The highest BCUT2D eigenvalue weighted by atomic mass is 16.5. The molecule has 1 N–H and O–H groups in total. The van der Waals surface area contributed by atoms with Gasteiger partial charge >= 0.3 is 5.97 Å². The molecule has 0 saturated heterocycles. The monoisotopic (exact) mass is 480 g/mol. The summed E-state index contributed by atoms with van der Waals surface area (Å²) in [4.78, 5) is 28.7. The zero-order valence-corrected chi connectivity index (χ0v) is 21.5. The van der Waals surface area contributed by atoms with Gasteiger partial charge in [-0.3, -0.25) is 9.59 Å². The minimum atomic E-state index is -0.0933. The maximum Gasteiger partial charge on any atom is 0.309 e. The normalized spacial score (nSPS) is 20.0. The average Bonchev–Trinajstić information content (AvgIpc) is 3.24. The molecule has 1 fully saturated rings. The third-order valence-corrected chi connectivity index (χ3v) is 7.50. The van der Waals surface area contributed by atoms with Crippen molar-refractivity contribution in [3.05, 3.63) is 29.6 Å². The Kier molecular flexibility index (Phi) is 8.58. The van der Waals surface area contributed by atoms with Crippen molar-refractivity contribution in [2.45, 2.75) is 103 Å². The average molecular weight is 481 g/mol. The Hall–Kier alpha value is -2.70. The number of hydrogen-bond acceptors (Lipinski definition) is 6. The Morgan fingerprint density at radius 2 is 2.00 bits per heavy atom. The SMILES string of the molecule is CCCCCC(C)Nc1ncc2c(C3=CCC(C(=O)OCC)CC3)cc(C3CCC(=O)CC3)n2n1. The fourth-order valence-electron chi connectivity index (χ4n) is 5.41. The number of anilines is 1. The highest BCUT2D eigenvalue weighted by Gasteiger charge is 2.28. The number of ketones is 1. The van der Waals surface area contributed by atoms with Crippen LogP contribution in [0.1, 0.15) is 109 Å². The van der Waals surface area contributed by atoms with Crippen LogP contribution in [0.25, 0.3) is 11.1 Å². The number of unbranched alkanes of at least 4 members (excludes halogenated alkanes) is 2. The van der Waals surface area contributed by atoms with Crippen LogP contribution in [0.2, 0.25) is 0 Å². The molecule has 2 heterocycles. The van der Waals surface area contributed by atoms with Crippen molar-refractivity contribution in [3.8, 4) is 0 Å². The van der Waals surface area contributed by atoms with Gasteiger partial charge in [0.15, 0.2) is 0 Å². The summed E-state index contributed by atoms with van der Waals surface area (Å²) in [7, 11) is 0. The number of allylic oxidation sites excluding steroid dienone is 2. The fraction of sp³-hybridized carbons (Fsp3) is 0.643. The zero-order chi connectivity index (χ0) is 24.8. The molecule has 0 spiro atoms. The molecule has 0 aromatic carbocycles. The van der Waals surface area contributed by atoms with Gasteiger partial charge in [0.1, 0.15) is 5.78 Å². The van der Waals surface area contributed by atoms with E-state index in [9.17, 15) is 9.59 Å². The van der Waals surface area contributed by atoms with Gasteiger partial charge in [0.25, 0.3) is 0 Å². The summed E-state index contributed by atoms with van der Waals surface area (Å²) >= 11 is 0.